The molecule has 2 rings (SSSR count). The summed E-state index contributed by atoms with van der Waals surface area (Å²) in [6.07, 6.45) is -0.841. The van der Waals surface area contributed by atoms with Crippen molar-refractivity contribution in [3.8, 4) is 5.75 Å². The number of phenolic OH excluding ortho intramolecular Hbond substituents is 1. The van der Waals surface area contributed by atoms with Crippen LogP contribution >= 0.6 is 0 Å². The molecule has 5 heteroatoms. The summed E-state index contributed by atoms with van der Waals surface area (Å²) < 4.78 is 0. The first-order valence-electron chi connectivity index (χ1n) is 7.65. The van der Waals surface area contributed by atoms with Crippen LogP contribution in [0, 0.1) is 16.7 Å². The Morgan fingerprint density at radius 1 is 1.23 bits per heavy atom. The minimum absolute atomic E-state index is 0.0965. The molecule has 5 nitrogen and oxygen atoms in total. The Kier molecular flexibility index (Phi) is 4.38. The molecule has 0 spiro atoms. The molecule has 0 aromatic heterocycles. The van der Waals surface area contributed by atoms with E-state index in [9.17, 15) is 15.0 Å². The topological polar surface area (TPSA) is 81.6 Å². The predicted molar refractivity (Wildman–Crippen MR) is 85.5 cm³/mol. The van der Waals surface area contributed by atoms with Crippen molar-refractivity contribution < 1.29 is 15.0 Å². The van der Waals surface area contributed by atoms with Gasteiger partial charge in [0.1, 0.15) is 5.75 Å². The van der Waals surface area contributed by atoms with Crippen LogP contribution in [-0.2, 0) is 0 Å². The minimum Gasteiger partial charge on any atom is -0.508 e. The minimum atomic E-state index is -0.841. The van der Waals surface area contributed by atoms with E-state index in [1.165, 1.54) is 12.1 Å². The van der Waals surface area contributed by atoms with Gasteiger partial charge in [0.25, 0.3) is 0 Å². The number of aliphatic hydroxyl groups excluding tert-OH is 1. The van der Waals surface area contributed by atoms with E-state index in [1.807, 2.05) is 0 Å². The number of rotatable bonds is 5. The molecular formula is C17H26N2O3. The molecule has 1 saturated carbocycles. The van der Waals surface area contributed by atoms with E-state index in [4.69, 9.17) is 0 Å². The molecule has 0 aliphatic heterocycles. The van der Waals surface area contributed by atoms with Crippen LogP contribution in [0.1, 0.15) is 39.4 Å². The summed E-state index contributed by atoms with van der Waals surface area (Å²) in [4.78, 5) is 11.8. The van der Waals surface area contributed by atoms with Crippen LogP contribution in [-0.4, -0.2) is 29.3 Å². The van der Waals surface area contributed by atoms with Crippen molar-refractivity contribution in [3.63, 3.8) is 0 Å². The summed E-state index contributed by atoms with van der Waals surface area (Å²) in [7, 11) is 0. The molecule has 22 heavy (non-hydrogen) atoms. The van der Waals surface area contributed by atoms with Gasteiger partial charge in [-0.1, -0.05) is 39.8 Å². The third-order valence-electron chi connectivity index (χ3n) is 5.50. The normalized spacial score (nSPS) is 20.2. The Hall–Kier alpha value is -1.75. The van der Waals surface area contributed by atoms with E-state index in [0.717, 1.165) is 0 Å². The molecule has 1 aromatic rings. The second-order valence-electron chi connectivity index (χ2n) is 7.20. The number of aliphatic hydroxyl groups is 1. The molecule has 1 atom stereocenters. The van der Waals surface area contributed by atoms with E-state index in [-0.39, 0.29) is 29.2 Å². The highest BCUT2D eigenvalue weighted by molar-refractivity contribution is 5.73. The number of nitrogens with one attached hydrogen (secondary N) is 2. The van der Waals surface area contributed by atoms with Gasteiger partial charge < -0.3 is 20.8 Å². The quantitative estimate of drug-likeness (QED) is 0.674. The molecule has 0 bridgehead atoms. The van der Waals surface area contributed by atoms with E-state index in [0.29, 0.717) is 18.0 Å². The van der Waals surface area contributed by atoms with Gasteiger partial charge in [-0.05, 0) is 34.4 Å². The Balaban J connectivity index is 1.75. The van der Waals surface area contributed by atoms with Crippen molar-refractivity contribution in [1.82, 2.24) is 10.6 Å². The number of benzene rings is 1. The number of aromatic hydroxyl groups is 1. The average Bonchev–Trinajstić information content (AvgIpc) is 2.83. The van der Waals surface area contributed by atoms with Crippen molar-refractivity contribution in [2.75, 3.05) is 13.1 Å². The zero-order valence-corrected chi connectivity index (χ0v) is 13.7. The van der Waals surface area contributed by atoms with Crippen LogP contribution in [0.15, 0.2) is 24.3 Å². The summed E-state index contributed by atoms with van der Waals surface area (Å²) in [5.41, 5.74) is 1.05. The maximum absolute atomic E-state index is 11.8. The maximum Gasteiger partial charge on any atom is 0.314 e. The van der Waals surface area contributed by atoms with Crippen LogP contribution in [0.4, 0.5) is 4.79 Å². The van der Waals surface area contributed by atoms with Crippen molar-refractivity contribution >= 4 is 6.03 Å². The van der Waals surface area contributed by atoms with Crippen LogP contribution in [0.25, 0.3) is 0 Å². The summed E-state index contributed by atoms with van der Waals surface area (Å²) >= 11 is 0. The molecule has 122 valence electrons. The number of carbonyl (C=O) groups excluding carboxylic acids is 1. The molecule has 0 radical (unpaired) electrons. The summed E-state index contributed by atoms with van der Waals surface area (Å²) in [5.74, 6) is 0.556. The van der Waals surface area contributed by atoms with Gasteiger partial charge in [0.15, 0.2) is 0 Å². The molecular weight excluding hydrogens is 280 g/mol. The SMILES string of the molecule is CC1(C)C(CNC(=O)NC[C@H](O)c2cccc(O)c2)C1(C)C. The van der Waals surface area contributed by atoms with Gasteiger partial charge in [0.2, 0.25) is 0 Å². The highest BCUT2D eigenvalue weighted by Gasteiger charge is 2.64. The number of hydrogen-bond acceptors (Lipinski definition) is 3. The molecule has 2 amide bonds. The average molecular weight is 306 g/mol. The third-order valence-corrected chi connectivity index (χ3v) is 5.50. The van der Waals surface area contributed by atoms with E-state index in [1.54, 1.807) is 12.1 Å². The summed E-state index contributed by atoms with van der Waals surface area (Å²) in [5, 5.41) is 24.9. The first-order chi connectivity index (χ1) is 10.2. The highest BCUT2D eigenvalue weighted by Crippen LogP contribution is 2.67. The first kappa shape index (κ1) is 16.6. The van der Waals surface area contributed by atoms with Gasteiger partial charge in [-0.3, -0.25) is 0 Å². The lowest BCUT2D eigenvalue weighted by Crippen LogP contribution is -2.39. The van der Waals surface area contributed by atoms with Gasteiger partial charge in [-0.15, -0.1) is 0 Å². The van der Waals surface area contributed by atoms with Gasteiger partial charge in [0.05, 0.1) is 6.10 Å². The van der Waals surface area contributed by atoms with Gasteiger partial charge >= 0.3 is 6.03 Å². The Morgan fingerprint density at radius 2 is 1.86 bits per heavy atom. The molecule has 0 saturated heterocycles. The zero-order valence-electron chi connectivity index (χ0n) is 13.7. The van der Waals surface area contributed by atoms with E-state index < -0.39 is 6.10 Å². The fourth-order valence-corrected chi connectivity index (χ4v) is 3.14. The Morgan fingerprint density at radius 3 is 2.41 bits per heavy atom. The van der Waals surface area contributed by atoms with Crippen LogP contribution in [0.3, 0.4) is 0 Å². The first-order valence-corrected chi connectivity index (χ1v) is 7.65. The summed E-state index contributed by atoms with van der Waals surface area (Å²) in [6.45, 7) is 9.58. The van der Waals surface area contributed by atoms with E-state index >= 15 is 0 Å². The monoisotopic (exact) mass is 306 g/mol. The third kappa shape index (κ3) is 3.19. The predicted octanol–water partition coefficient (Wildman–Crippen LogP) is 2.41. The van der Waals surface area contributed by atoms with Crippen molar-refractivity contribution in [2.24, 2.45) is 16.7 Å². The molecule has 1 aliphatic rings. The molecule has 0 heterocycles. The van der Waals surface area contributed by atoms with Crippen LogP contribution in [0.5, 0.6) is 5.75 Å². The van der Waals surface area contributed by atoms with Crippen molar-refractivity contribution in [1.29, 1.82) is 0 Å². The highest BCUT2D eigenvalue weighted by atomic mass is 16.3. The lowest BCUT2D eigenvalue weighted by atomic mass is 10.0. The van der Waals surface area contributed by atoms with Crippen LogP contribution < -0.4 is 10.6 Å². The second-order valence-corrected chi connectivity index (χ2v) is 7.20. The molecule has 1 aliphatic carbocycles. The standard InChI is InChI=1S/C17H26N2O3/c1-16(2)14(17(16,3)4)10-19-15(22)18-9-13(21)11-6-5-7-12(20)8-11/h5-8,13-14,20-21H,9-10H2,1-4H3,(H2,18,19,22)/t13-/m0/s1. The smallest absolute Gasteiger partial charge is 0.314 e. The maximum atomic E-state index is 11.8. The van der Waals surface area contributed by atoms with Crippen LogP contribution in [0.2, 0.25) is 0 Å². The number of hydrogen-bond donors (Lipinski definition) is 4. The molecule has 1 aromatic carbocycles. The fraction of sp³-hybridized carbons (Fsp3) is 0.588. The van der Waals surface area contributed by atoms with E-state index in [2.05, 4.69) is 38.3 Å². The number of phenols is 1. The number of carbonyl (C=O) groups is 1. The van der Waals surface area contributed by atoms with Crippen molar-refractivity contribution in [2.45, 2.75) is 33.8 Å². The molecule has 4 N–H and O–H groups in total. The summed E-state index contributed by atoms with van der Waals surface area (Å²) in [6, 6.07) is 6.11. The van der Waals surface area contributed by atoms with Gasteiger partial charge in [-0.2, -0.15) is 0 Å². The molecule has 1 fully saturated rings. The number of amides is 2. The lowest BCUT2D eigenvalue weighted by molar-refractivity contribution is 0.172. The Bertz CT molecular complexity index is 541. The molecule has 0 unspecified atom stereocenters. The lowest BCUT2D eigenvalue weighted by Gasteiger charge is -2.13. The second kappa shape index (κ2) is 5.80. The van der Waals surface area contributed by atoms with Crippen molar-refractivity contribution in [3.05, 3.63) is 29.8 Å². The largest absolute Gasteiger partial charge is 0.508 e. The van der Waals surface area contributed by atoms with Gasteiger partial charge in [-0.25, -0.2) is 4.79 Å². The Labute approximate surface area is 131 Å². The van der Waals surface area contributed by atoms with Gasteiger partial charge in [0, 0.05) is 13.1 Å². The fourth-order valence-electron chi connectivity index (χ4n) is 3.14. The number of urea groups is 1. The zero-order chi connectivity index (χ0) is 16.5.